The van der Waals surface area contributed by atoms with Gasteiger partial charge in [0.05, 0.1) is 11.3 Å². The second kappa shape index (κ2) is 5.90. The van der Waals surface area contributed by atoms with Crippen LogP contribution in [0.3, 0.4) is 0 Å². The molecule has 1 aromatic rings. The maximum absolute atomic E-state index is 12.5. The molecule has 106 valence electrons. The monoisotopic (exact) mass is 272 g/mol. The molecule has 1 atom stereocenters. The minimum absolute atomic E-state index is 0.0629. The zero-order valence-electron chi connectivity index (χ0n) is 11.0. The van der Waals surface area contributed by atoms with Gasteiger partial charge < -0.3 is 5.32 Å². The molecule has 0 amide bonds. The predicted octanol–water partition coefficient (Wildman–Crippen LogP) is 3.94. The zero-order chi connectivity index (χ0) is 13.9. The maximum Gasteiger partial charge on any atom is 0.417 e. The first-order valence-corrected chi connectivity index (χ1v) is 6.77. The van der Waals surface area contributed by atoms with Gasteiger partial charge in [-0.15, -0.1) is 0 Å². The van der Waals surface area contributed by atoms with Crippen LogP contribution in [0.4, 0.5) is 13.2 Å². The standard InChI is InChI=1S/C14H19F3N2/c1-2-18-12(7-5-10-3-4-10)13-8-6-11(9-19-13)14(15,16)17/h6,8-10,12,18H,2-5,7H2,1H3. The van der Waals surface area contributed by atoms with Crippen LogP contribution in [-0.2, 0) is 6.18 Å². The normalized spacial score (nSPS) is 17.5. The molecular weight excluding hydrogens is 253 g/mol. The van der Waals surface area contributed by atoms with Gasteiger partial charge in [0.15, 0.2) is 0 Å². The van der Waals surface area contributed by atoms with Crippen LogP contribution in [0.2, 0.25) is 0 Å². The average molecular weight is 272 g/mol. The van der Waals surface area contributed by atoms with E-state index in [0.717, 1.165) is 37.6 Å². The molecule has 0 saturated heterocycles. The smallest absolute Gasteiger partial charge is 0.309 e. The molecule has 1 aliphatic carbocycles. The highest BCUT2D eigenvalue weighted by Crippen LogP contribution is 2.36. The summed E-state index contributed by atoms with van der Waals surface area (Å²) >= 11 is 0. The van der Waals surface area contributed by atoms with Crippen molar-refractivity contribution < 1.29 is 13.2 Å². The van der Waals surface area contributed by atoms with Crippen LogP contribution in [0.25, 0.3) is 0 Å². The van der Waals surface area contributed by atoms with Crippen LogP contribution in [0.1, 0.15) is 49.9 Å². The number of aromatic nitrogens is 1. The fourth-order valence-corrected chi connectivity index (χ4v) is 2.19. The van der Waals surface area contributed by atoms with Crippen LogP contribution in [0.5, 0.6) is 0 Å². The summed E-state index contributed by atoms with van der Waals surface area (Å²) in [6.07, 6.45) is 1.26. The van der Waals surface area contributed by atoms with Gasteiger partial charge in [0.2, 0.25) is 0 Å². The van der Waals surface area contributed by atoms with Gasteiger partial charge in [-0.3, -0.25) is 4.98 Å². The fraction of sp³-hybridized carbons (Fsp3) is 0.643. The van der Waals surface area contributed by atoms with E-state index in [4.69, 9.17) is 0 Å². The molecule has 1 unspecified atom stereocenters. The SMILES string of the molecule is CCNC(CCC1CC1)c1ccc(C(F)(F)F)cn1. The second-order valence-electron chi connectivity index (χ2n) is 5.10. The Kier molecular flexibility index (Phi) is 4.45. The largest absolute Gasteiger partial charge is 0.417 e. The van der Waals surface area contributed by atoms with Crippen LogP contribution < -0.4 is 5.32 Å². The minimum atomic E-state index is -4.31. The number of hydrogen-bond acceptors (Lipinski definition) is 2. The van der Waals surface area contributed by atoms with Gasteiger partial charge in [0.25, 0.3) is 0 Å². The molecule has 1 aliphatic rings. The van der Waals surface area contributed by atoms with E-state index >= 15 is 0 Å². The summed E-state index contributed by atoms with van der Waals surface area (Å²) in [7, 11) is 0. The van der Waals surface area contributed by atoms with E-state index in [1.165, 1.54) is 18.9 Å². The maximum atomic E-state index is 12.5. The van der Waals surface area contributed by atoms with Gasteiger partial charge >= 0.3 is 6.18 Å². The Morgan fingerprint density at radius 3 is 2.58 bits per heavy atom. The first kappa shape index (κ1) is 14.3. The van der Waals surface area contributed by atoms with Crippen molar-refractivity contribution in [3.05, 3.63) is 29.6 Å². The van der Waals surface area contributed by atoms with Crippen molar-refractivity contribution in [2.75, 3.05) is 6.54 Å². The molecule has 0 bridgehead atoms. The van der Waals surface area contributed by atoms with Crippen molar-refractivity contribution in [1.29, 1.82) is 0 Å². The summed E-state index contributed by atoms with van der Waals surface area (Å²) in [6.45, 7) is 2.78. The molecule has 19 heavy (non-hydrogen) atoms. The number of pyridine rings is 1. The van der Waals surface area contributed by atoms with E-state index in [1.807, 2.05) is 6.92 Å². The molecule has 1 saturated carbocycles. The molecule has 5 heteroatoms. The second-order valence-corrected chi connectivity index (χ2v) is 5.10. The quantitative estimate of drug-likeness (QED) is 0.848. The van der Waals surface area contributed by atoms with E-state index in [0.29, 0.717) is 5.69 Å². The third-order valence-electron chi connectivity index (χ3n) is 3.48. The average Bonchev–Trinajstić information content (AvgIpc) is 3.17. The molecule has 2 rings (SSSR count). The molecule has 1 aromatic heterocycles. The van der Waals surface area contributed by atoms with Gasteiger partial charge in [-0.05, 0) is 37.4 Å². The first-order valence-electron chi connectivity index (χ1n) is 6.77. The minimum Gasteiger partial charge on any atom is -0.309 e. The lowest BCUT2D eigenvalue weighted by Gasteiger charge is -2.18. The molecule has 1 fully saturated rings. The molecule has 0 aliphatic heterocycles. The Balaban J connectivity index is 2.02. The Morgan fingerprint density at radius 1 is 1.37 bits per heavy atom. The number of nitrogens with zero attached hydrogens (tertiary/aromatic N) is 1. The Morgan fingerprint density at radius 2 is 2.11 bits per heavy atom. The van der Waals surface area contributed by atoms with Gasteiger partial charge in [-0.25, -0.2) is 0 Å². The highest BCUT2D eigenvalue weighted by Gasteiger charge is 2.31. The highest BCUT2D eigenvalue weighted by atomic mass is 19.4. The van der Waals surface area contributed by atoms with Crippen molar-refractivity contribution in [2.24, 2.45) is 5.92 Å². The van der Waals surface area contributed by atoms with Crippen LogP contribution in [0, 0.1) is 5.92 Å². The van der Waals surface area contributed by atoms with Gasteiger partial charge in [0.1, 0.15) is 0 Å². The number of nitrogens with one attached hydrogen (secondary N) is 1. The molecule has 1 heterocycles. The summed E-state index contributed by atoms with van der Waals surface area (Å²) in [4.78, 5) is 3.98. The van der Waals surface area contributed by atoms with E-state index in [2.05, 4.69) is 10.3 Å². The number of halogens is 3. The number of alkyl halides is 3. The topological polar surface area (TPSA) is 24.9 Å². The van der Waals surface area contributed by atoms with Gasteiger partial charge in [-0.2, -0.15) is 13.2 Å². The fourth-order valence-electron chi connectivity index (χ4n) is 2.19. The van der Waals surface area contributed by atoms with Crippen molar-refractivity contribution in [1.82, 2.24) is 10.3 Å². The molecule has 1 N–H and O–H groups in total. The first-order chi connectivity index (χ1) is 9.00. The summed E-state index contributed by atoms with van der Waals surface area (Å²) < 4.78 is 37.4. The third-order valence-corrected chi connectivity index (χ3v) is 3.48. The summed E-state index contributed by atoms with van der Waals surface area (Å²) in [5, 5.41) is 3.30. The van der Waals surface area contributed by atoms with Gasteiger partial charge in [-0.1, -0.05) is 19.8 Å². The van der Waals surface area contributed by atoms with Crippen molar-refractivity contribution in [2.45, 2.75) is 44.8 Å². The lowest BCUT2D eigenvalue weighted by atomic mass is 10.0. The summed E-state index contributed by atoms with van der Waals surface area (Å²) in [6, 6.07) is 2.67. The summed E-state index contributed by atoms with van der Waals surface area (Å²) in [5.74, 6) is 0.815. The van der Waals surface area contributed by atoms with E-state index in [-0.39, 0.29) is 6.04 Å². The Bertz CT molecular complexity index is 396. The molecule has 0 radical (unpaired) electrons. The highest BCUT2D eigenvalue weighted by molar-refractivity contribution is 5.19. The number of rotatable bonds is 6. The molecule has 0 spiro atoms. The van der Waals surface area contributed by atoms with Crippen LogP contribution >= 0.6 is 0 Å². The molecule has 2 nitrogen and oxygen atoms in total. The predicted molar refractivity (Wildman–Crippen MR) is 67.6 cm³/mol. The van der Waals surface area contributed by atoms with Crippen molar-refractivity contribution in [3.63, 3.8) is 0 Å². The van der Waals surface area contributed by atoms with Crippen LogP contribution in [0.15, 0.2) is 18.3 Å². The van der Waals surface area contributed by atoms with Crippen molar-refractivity contribution >= 4 is 0 Å². The lowest BCUT2D eigenvalue weighted by molar-refractivity contribution is -0.137. The van der Waals surface area contributed by atoms with E-state index in [9.17, 15) is 13.2 Å². The Labute approximate surface area is 111 Å². The van der Waals surface area contributed by atoms with E-state index < -0.39 is 11.7 Å². The zero-order valence-corrected chi connectivity index (χ0v) is 11.0. The molecular formula is C14H19F3N2. The molecule has 0 aromatic carbocycles. The van der Waals surface area contributed by atoms with Crippen LogP contribution in [-0.4, -0.2) is 11.5 Å². The van der Waals surface area contributed by atoms with Gasteiger partial charge in [0, 0.05) is 12.2 Å². The number of hydrogen-bond donors (Lipinski definition) is 1. The van der Waals surface area contributed by atoms with E-state index in [1.54, 1.807) is 0 Å². The Hall–Kier alpha value is -1.10. The lowest BCUT2D eigenvalue weighted by Crippen LogP contribution is -2.22. The summed E-state index contributed by atoms with van der Waals surface area (Å²) in [5.41, 5.74) is 0.0178. The van der Waals surface area contributed by atoms with Crippen molar-refractivity contribution in [3.8, 4) is 0 Å². The third kappa shape index (κ3) is 4.20.